The van der Waals surface area contributed by atoms with E-state index in [-0.39, 0.29) is 12.0 Å². The minimum atomic E-state index is -0.636. The van der Waals surface area contributed by atoms with Crippen LogP contribution in [0.2, 0.25) is 0 Å². The van der Waals surface area contributed by atoms with Crippen LogP contribution < -0.4 is 9.47 Å². The van der Waals surface area contributed by atoms with Gasteiger partial charge in [-0.1, -0.05) is 12.8 Å². The van der Waals surface area contributed by atoms with Gasteiger partial charge in [-0.2, -0.15) is 5.26 Å². The van der Waals surface area contributed by atoms with Gasteiger partial charge >= 0.3 is 0 Å². The van der Waals surface area contributed by atoms with Crippen molar-refractivity contribution >= 4 is 0 Å². The van der Waals surface area contributed by atoms with Crippen molar-refractivity contribution in [1.82, 2.24) is 4.90 Å². The van der Waals surface area contributed by atoms with Gasteiger partial charge in [0.25, 0.3) is 0 Å². The molecule has 0 spiro atoms. The second-order valence-electron chi connectivity index (χ2n) is 6.89. The lowest BCUT2D eigenvalue weighted by Gasteiger charge is -2.52. The number of methoxy groups -OCH3 is 2. The van der Waals surface area contributed by atoms with Gasteiger partial charge in [-0.25, -0.2) is 0 Å². The fraction of sp³-hybridized carbons (Fsp3) is 0.632. The van der Waals surface area contributed by atoms with Crippen molar-refractivity contribution in [3.05, 3.63) is 23.8 Å². The Bertz CT molecular complexity index is 628. The van der Waals surface area contributed by atoms with E-state index in [1.165, 1.54) is 0 Å². The summed E-state index contributed by atoms with van der Waals surface area (Å²) in [7, 11) is 3.31. The number of fused-ring (bicyclic) bond motifs is 1. The molecule has 5 nitrogen and oxygen atoms in total. The lowest BCUT2D eigenvalue weighted by molar-refractivity contribution is -0.122. The maximum atomic E-state index is 11.2. The summed E-state index contributed by atoms with van der Waals surface area (Å²) >= 11 is 0. The predicted octanol–water partition coefficient (Wildman–Crippen LogP) is 2.90. The molecule has 2 aliphatic rings. The van der Waals surface area contributed by atoms with Gasteiger partial charge in [-0.3, -0.25) is 4.90 Å². The van der Waals surface area contributed by atoms with Gasteiger partial charge in [-0.15, -0.1) is 0 Å². The second kappa shape index (κ2) is 7.00. The molecule has 1 aromatic carbocycles. The Hall–Kier alpha value is -1.77. The number of piperidine rings is 1. The zero-order valence-electron chi connectivity index (χ0n) is 14.5. The first-order chi connectivity index (χ1) is 11.6. The number of aliphatic hydroxyl groups is 1. The Labute approximate surface area is 143 Å². The van der Waals surface area contributed by atoms with E-state index in [1.807, 2.05) is 18.2 Å². The van der Waals surface area contributed by atoms with Gasteiger partial charge < -0.3 is 14.6 Å². The quantitative estimate of drug-likeness (QED) is 0.860. The fourth-order valence-electron chi connectivity index (χ4n) is 4.49. The SMILES string of the molecule is COc1ccc(OC)c([C@H]2[C@@H]3CCCC[C@]3(O)CCN2CC#N)c1. The molecule has 1 heterocycles. The van der Waals surface area contributed by atoms with E-state index >= 15 is 0 Å². The van der Waals surface area contributed by atoms with Crippen LogP contribution in [0, 0.1) is 17.2 Å². The molecular formula is C19H26N2O3. The molecule has 1 aromatic rings. The van der Waals surface area contributed by atoms with Crippen molar-refractivity contribution in [1.29, 1.82) is 5.26 Å². The monoisotopic (exact) mass is 330 g/mol. The summed E-state index contributed by atoms with van der Waals surface area (Å²) in [6, 6.07) is 8.05. The molecule has 1 saturated heterocycles. The van der Waals surface area contributed by atoms with Crippen molar-refractivity contribution in [2.24, 2.45) is 5.92 Å². The Kier molecular flexibility index (Phi) is 4.98. The van der Waals surface area contributed by atoms with Crippen molar-refractivity contribution in [2.75, 3.05) is 27.3 Å². The lowest BCUT2D eigenvalue weighted by Crippen LogP contribution is -2.54. The summed E-state index contributed by atoms with van der Waals surface area (Å²) in [6.45, 7) is 1.09. The highest BCUT2D eigenvalue weighted by atomic mass is 16.5. The third kappa shape index (κ3) is 2.97. The zero-order chi connectivity index (χ0) is 17.2. The Morgan fingerprint density at radius 3 is 2.83 bits per heavy atom. The molecule has 0 radical (unpaired) electrons. The summed E-state index contributed by atoms with van der Waals surface area (Å²) in [5, 5.41) is 20.5. The van der Waals surface area contributed by atoms with E-state index in [1.54, 1.807) is 14.2 Å². The number of hydrogen-bond donors (Lipinski definition) is 1. The molecule has 1 N–H and O–H groups in total. The average molecular weight is 330 g/mol. The van der Waals surface area contributed by atoms with Crippen LogP contribution in [0.5, 0.6) is 11.5 Å². The molecule has 0 unspecified atom stereocenters. The highest BCUT2D eigenvalue weighted by Crippen LogP contribution is 2.51. The Balaban J connectivity index is 2.07. The number of hydrogen-bond acceptors (Lipinski definition) is 5. The van der Waals surface area contributed by atoms with Gasteiger partial charge in [0, 0.05) is 24.1 Å². The molecule has 1 aliphatic carbocycles. The first kappa shape index (κ1) is 17.1. The largest absolute Gasteiger partial charge is 0.497 e. The average Bonchev–Trinajstić information content (AvgIpc) is 2.61. The normalized spacial score (nSPS) is 30.2. The van der Waals surface area contributed by atoms with Crippen molar-refractivity contribution in [3.63, 3.8) is 0 Å². The van der Waals surface area contributed by atoms with Crippen LogP contribution in [0.3, 0.4) is 0 Å². The molecule has 24 heavy (non-hydrogen) atoms. The summed E-state index contributed by atoms with van der Waals surface area (Å²) in [4.78, 5) is 2.18. The number of nitrogens with zero attached hydrogens (tertiary/aromatic N) is 2. The number of ether oxygens (including phenoxy) is 2. The van der Waals surface area contributed by atoms with Crippen LogP contribution in [0.1, 0.15) is 43.7 Å². The standard InChI is InChI=1S/C19H26N2O3/c1-23-14-6-7-17(24-2)15(13-14)18-16-5-3-4-8-19(16,22)9-11-21(18)12-10-20/h6-7,13,16,18,22H,3-5,8-9,11-12H2,1-2H3/t16-,18-,19-/m0/s1. The molecule has 3 rings (SSSR count). The summed E-state index contributed by atoms with van der Waals surface area (Å²) in [5.41, 5.74) is 0.375. The molecular weight excluding hydrogens is 304 g/mol. The molecule has 5 heteroatoms. The Morgan fingerprint density at radius 1 is 1.29 bits per heavy atom. The number of likely N-dealkylation sites (tertiary alicyclic amines) is 1. The maximum absolute atomic E-state index is 11.2. The molecule has 0 aromatic heterocycles. The smallest absolute Gasteiger partial charge is 0.123 e. The molecule has 1 aliphatic heterocycles. The van der Waals surface area contributed by atoms with E-state index in [0.29, 0.717) is 6.54 Å². The van der Waals surface area contributed by atoms with Crippen LogP contribution in [-0.2, 0) is 0 Å². The topological polar surface area (TPSA) is 65.7 Å². The molecule has 0 bridgehead atoms. The van der Waals surface area contributed by atoms with Gasteiger partial charge in [0.2, 0.25) is 0 Å². The highest BCUT2D eigenvalue weighted by molar-refractivity contribution is 5.43. The first-order valence-electron chi connectivity index (χ1n) is 8.68. The van der Waals surface area contributed by atoms with E-state index in [4.69, 9.17) is 9.47 Å². The second-order valence-corrected chi connectivity index (χ2v) is 6.89. The Morgan fingerprint density at radius 2 is 2.12 bits per heavy atom. The van der Waals surface area contributed by atoms with Gasteiger partial charge in [-0.05, 0) is 37.5 Å². The summed E-state index contributed by atoms with van der Waals surface area (Å²) in [6.07, 6.45) is 4.76. The van der Waals surface area contributed by atoms with Crippen molar-refractivity contribution in [2.45, 2.75) is 43.7 Å². The fourth-order valence-corrected chi connectivity index (χ4v) is 4.49. The van der Waals surface area contributed by atoms with Crippen LogP contribution in [0.4, 0.5) is 0 Å². The third-order valence-corrected chi connectivity index (χ3v) is 5.70. The molecule has 0 amide bonds. The van der Waals surface area contributed by atoms with E-state index in [2.05, 4.69) is 11.0 Å². The molecule has 1 saturated carbocycles. The number of nitriles is 1. The van der Waals surface area contributed by atoms with Crippen LogP contribution in [-0.4, -0.2) is 42.9 Å². The highest BCUT2D eigenvalue weighted by Gasteiger charge is 2.49. The summed E-state index contributed by atoms with van der Waals surface area (Å²) in [5.74, 6) is 1.68. The molecule has 130 valence electrons. The van der Waals surface area contributed by atoms with E-state index in [0.717, 1.165) is 55.7 Å². The zero-order valence-corrected chi connectivity index (χ0v) is 14.5. The summed E-state index contributed by atoms with van der Waals surface area (Å²) < 4.78 is 11.0. The van der Waals surface area contributed by atoms with Gasteiger partial charge in [0.1, 0.15) is 11.5 Å². The van der Waals surface area contributed by atoms with Gasteiger partial charge in [0.15, 0.2) is 0 Å². The van der Waals surface area contributed by atoms with Crippen molar-refractivity contribution < 1.29 is 14.6 Å². The van der Waals surface area contributed by atoms with Gasteiger partial charge in [0.05, 0.1) is 32.4 Å². The first-order valence-corrected chi connectivity index (χ1v) is 8.68. The number of benzene rings is 1. The minimum absolute atomic E-state index is 0.0197. The lowest BCUT2D eigenvalue weighted by atomic mass is 9.66. The van der Waals surface area contributed by atoms with E-state index < -0.39 is 5.60 Å². The van der Waals surface area contributed by atoms with E-state index in [9.17, 15) is 10.4 Å². The maximum Gasteiger partial charge on any atom is 0.123 e. The van der Waals surface area contributed by atoms with Crippen LogP contribution >= 0.6 is 0 Å². The molecule has 2 fully saturated rings. The van der Waals surface area contributed by atoms with Crippen LogP contribution in [0.25, 0.3) is 0 Å². The predicted molar refractivity (Wildman–Crippen MR) is 91.0 cm³/mol. The number of rotatable bonds is 4. The third-order valence-electron chi connectivity index (χ3n) is 5.70. The van der Waals surface area contributed by atoms with Crippen molar-refractivity contribution in [3.8, 4) is 17.6 Å². The molecule has 3 atom stereocenters. The minimum Gasteiger partial charge on any atom is -0.497 e. The van der Waals surface area contributed by atoms with Crippen LogP contribution in [0.15, 0.2) is 18.2 Å².